The smallest absolute Gasteiger partial charge is 0.260 e. The van der Waals surface area contributed by atoms with Crippen LogP contribution < -0.4 is 4.90 Å². The highest BCUT2D eigenvalue weighted by atomic mass is 16.3. The Hall–Kier alpha value is -2.66. The van der Waals surface area contributed by atoms with E-state index in [2.05, 4.69) is 0 Å². The molecular weight excluding hydrogens is 292 g/mol. The van der Waals surface area contributed by atoms with Crippen molar-refractivity contribution in [3.63, 3.8) is 0 Å². The van der Waals surface area contributed by atoms with Gasteiger partial charge in [-0.25, -0.2) is 0 Å². The molecule has 0 aliphatic carbocycles. The molecule has 0 saturated heterocycles. The number of amides is 2. The molecule has 2 heterocycles. The number of aliphatic hydroxyl groups is 1. The zero-order chi connectivity index (χ0) is 16.0. The Morgan fingerprint density at radius 2 is 1.61 bits per heavy atom. The number of carbonyl (C=O) groups is 2. The number of carbonyl (C=O) groups excluding carboxylic acids is 2. The molecule has 4 rings (SSSR count). The van der Waals surface area contributed by atoms with Crippen LogP contribution >= 0.6 is 0 Å². The summed E-state index contributed by atoms with van der Waals surface area (Å²) in [5.41, 5.74) is 2.67. The van der Waals surface area contributed by atoms with Crippen molar-refractivity contribution in [3.05, 3.63) is 65.2 Å². The van der Waals surface area contributed by atoms with Crippen LogP contribution in [0.25, 0.3) is 0 Å². The molecule has 1 N–H and O–H groups in total. The van der Waals surface area contributed by atoms with Crippen LogP contribution in [0.15, 0.2) is 48.5 Å². The van der Waals surface area contributed by atoms with E-state index in [0.29, 0.717) is 29.8 Å². The summed E-state index contributed by atoms with van der Waals surface area (Å²) >= 11 is 0. The van der Waals surface area contributed by atoms with Crippen LogP contribution in [0.5, 0.6) is 0 Å². The minimum absolute atomic E-state index is 0.00768. The van der Waals surface area contributed by atoms with Crippen molar-refractivity contribution in [2.45, 2.75) is 12.6 Å². The first-order valence-electron chi connectivity index (χ1n) is 7.67. The van der Waals surface area contributed by atoms with Gasteiger partial charge < -0.3 is 10.0 Å². The van der Waals surface area contributed by atoms with Gasteiger partial charge in [-0.3, -0.25) is 14.5 Å². The highest BCUT2D eigenvalue weighted by molar-refractivity contribution is 6.16. The Labute approximate surface area is 133 Å². The number of hydrogen-bond donors (Lipinski definition) is 1. The van der Waals surface area contributed by atoms with E-state index in [4.69, 9.17) is 5.11 Å². The Morgan fingerprint density at radius 1 is 0.913 bits per heavy atom. The van der Waals surface area contributed by atoms with Gasteiger partial charge in [-0.1, -0.05) is 30.3 Å². The van der Waals surface area contributed by atoms with Gasteiger partial charge in [0.1, 0.15) is 6.17 Å². The fourth-order valence-electron chi connectivity index (χ4n) is 3.44. The van der Waals surface area contributed by atoms with Crippen LogP contribution in [0.4, 0.5) is 5.69 Å². The van der Waals surface area contributed by atoms with Crippen LogP contribution in [0.2, 0.25) is 0 Å². The molecule has 2 aromatic carbocycles. The molecule has 23 heavy (non-hydrogen) atoms. The second kappa shape index (κ2) is 5.21. The molecule has 2 amide bonds. The molecule has 5 heteroatoms. The summed E-state index contributed by atoms with van der Waals surface area (Å²) in [7, 11) is 0. The Kier molecular flexibility index (Phi) is 3.16. The van der Waals surface area contributed by atoms with Crippen LogP contribution in [0.1, 0.15) is 38.9 Å². The maximum Gasteiger partial charge on any atom is 0.260 e. The third-order valence-electron chi connectivity index (χ3n) is 4.44. The number of aliphatic hydroxyl groups excluding tert-OH is 1. The predicted octanol–water partition coefficient (Wildman–Crippen LogP) is 2.18. The Morgan fingerprint density at radius 3 is 2.39 bits per heavy atom. The van der Waals surface area contributed by atoms with Gasteiger partial charge in [0.25, 0.3) is 11.8 Å². The average Bonchev–Trinajstić information content (AvgIpc) is 2.89. The minimum atomic E-state index is -0.423. The van der Waals surface area contributed by atoms with E-state index < -0.39 is 6.17 Å². The van der Waals surface area contributed by atoms with Gasteiger partial charge in [0.05, 0.1) is 11.3 Å². The highest BCUT2D eigenvalue weighted by Gasteiger charge is 2.47. The molecule has 0 bridgehead atoms. The van der Waals surface area contributed by atoms with E-state index in [9.17, 15) is 9.59 Å². The number of rotatable bonds is 3. The first-order chi connectivity index (χ1) is 11.2. The molecule has 5 nitrogen and oxygen atoms in total. The summed E-state index contributed by atoms with van der Waals surface area (Å²) < 4.78 is 0. The molecule has 116 valence electrons. The largest absolute Gasteiger partial charge is 0.396 e. The fraction of sp³-hybridized carbons (Fsp3) is 0.222. The van der Waals surface area contributed by atoms with Gasteiger partial charge in [0, 0.05) is 24.3 Å². The normalized spacial score (nSPS) is 18.7. The number of anilines is 1. The van der Waals surface area contributed by atoms with Crippen LogP contribution in [-0.4, -0.2) is 35.0 Å². The van der Waals surface area contributed by atoms with E-state index in [-0.39, 0.29) is 18.4 Å². The lowest BCUT2D eigenvalue weighted by Gasteiger charge is -2.40. The molecule has 0 fully saturated rings. The summed E-state index contributed by atoms with van der Waals surface area (Å²) in [6, 6.07) is 14.6. The van der Waals surface area contributed by atoms with Crippen LogP contribution in [0.3, 0.4) is 0 Å². The van der Waals surface area contributed by atoms with Crippen molar-refractivity contribution in [1.82, 2.24) is 4.90 Å². The van der Waals surface area contributed by atoms with Crippen LogP contribution in [0, 0.1) is 0 Å². The molecule has 0 spiro atoms. The fourth-order valence-corrected chi connectivity index (χ4v) is 3.44. The number of benzene rings is 2. The zero-order valence-electron chi connectivity index (χ0n) is 12.5. The molecule has 2 aliphatic heterocycles. The number of fused-ring (bicyclic) bond motifs is 5. The maximum absolute atomic E-state index is 12.9. The zero-order valence-corrected chi connectivity index (χ0v) is 12.5. The van der Waals surface area contributed by atoms with E-state index >= 15 is 0 Å². The van der Waals surface area contributed by atoms with E-state index in [1.807, 2.05) is 30.3 Å². The number of para-hydroxylation sites is 1. The predicted molar refractivity (Wildman–Crippen MR) is 85.2 cm³/mol. The topological polar surface area (TPSA) is 60.9 Å². The second-order valence-corrected chi connectivity index (χ2v) is 5.73. The monoisotopic (exact) mass is 308 g/mol. The van der Waals surface area contributed by atoms with Crippen LogP contribution in [-0.2, 0) is 0 Å². The lowest BCUT2D eigenvalue weighted by molar-refractivity contribution is 0.0633. The molecule has 1 unspecified atom stereocenters. The van der Waals surface area contributed by atoms with Crippen molar-refractivity contribution < 1.29 is 14.7 Å². The first kappa shape index (κ1) is 14.0. The third kappa shape index (κ3) is 1.90. The highest BCUT2D eigenvalue weighted by Crippen LogP contribution is 2.44. The van der Waals surface area contributed by atoms with Crippen molar-refractivity contribution in [3.8, 4) is 0 Å². The summed E-state index contributed by atoms with van der Waals surface area (Å²) in [6.07, 6.45) is 0.0573. The molecule has 2 aliphatic rings. The molecular formula is C18H16N2O3. The van der Waals surface area contributed by atoms with Crippen molar-refractivity contribution in [2.75, 3.05) is 18.1 Å². The summed E-state index contributed by atoms with van der Waals surface area (Å²) in [4.78, 5) is 29.1. The summed E-state index contributed by atoms with van der Waals surface area (Å²) in [5.74, 6) is -0.181. The molecule has 0 aromatic heterocycles. The lowest BCUT2D eigenvalue weighted by atomic mass is 10.0. The van der Waals surface area contributed by atoms with Gasteiger partial charge >= 0.3 is 0 Å². The van der Waals surface area contributed by atoms with Crippen molar-refractivity contribution in [2.24, 2.45) is 0 Å². The van der Waals surface area contributed by atoms with Crippen molar-refractivity contribution >= 4 is 17.5 Å². The van der Waals surface area contributed by atoms with E-state index in [0.717, 1.165) is 5.56 Å². The third-order valence-corrected chi connectivity index (χ3v) is 4.44. The SMILES string of the molecule is O=C1c2ccccc2N2C(=O)c3ccccc3C2N1CCCO. The first-order valence-corrected chi connectivity index (χ1v) is 7.67. The Balaban J connectivity index is 1.91. The standard InChI is InChI=1S/C18H16N2O3/c21-11-5-10-19-16-12-6-1-2-7-13(12)18(23)20(16)15-9-4-3-8-14(15)17(19)22/h1-4,6-9,16,21H,5,10-11H2. The summed E-state index contributed by atoms with van der Waals surface area (Å²) in [6.45, 7) is 0.417. The minimum Gasteiger partial charge on any atom is -0.396 e. The average molecular weight is 308 g/mol. The molecule has 0 radical (unpaired) electrons. The quantitative estimate of drug-likeness (QED) is 0.945. The number of hydrogen-bond acceptors (Lipinski definition) is 3. The van der Waals surface area contributed by atoms with E-state index in [1.165, 1.54) is 0 Å². The van der Waals surface area contributed by atoms with Crippen molar-refractivity contribution in [1.29, 1.82) is 0 Å². The number of nitrogens with zero attached hydrogens (tertiary/aromatic N) is 2. The van der Waals surface area contributed by atoms with Gasteiger partial charge in [0.2, 0.25) is 0 Å². The Bertz CT molecular complexity index is 802. The second-order valence-electron chi connectivity index (χ2n) is 5.73. The van der Waals surface area contributed by atoms with Gasteiger partial charge in [0.15, 0.2) is 0 Å². The lowest BCUT2D eigenvalue weighted by Crippen LogP contribution is -2.48. The van der Waals surface area contributed by atoms with E-state index in [1.54, 1.807) is 28.0 Å². The van der Waals surface area contributed by atoms with Gasteiger partial charge in [-0.15, -0.1) is 0 Å². The van der Waals surface area contributed by atoms with Gasteiger partial charge in [-0.05, 0) is 24.6 Å². The van der Waals surface area contributed by atoms with Gasteiger partial charge in [-0.2, -0.15) is 0 Å². The molecule has 2 aromatic rings. The maximum atomic E-state index is 12.9. The molecule has 0 saturated carbocycles. The molecule has 1 atom stereocenters. The summed E-state index contributed by atoms with van der Waals surface area (Å²) in [5, 5.41) is 9.15.